The number of hydrogen-bond donors (Lipinski definition) is 0. The number of ether oxygens (including phenoxy) is 1. The van der Waals surface area contributed by atoms with Gasteiger partial charge in [0.15, 0.2) is 0 Å². The van der Waals surface area contributed by atoms with Crippen LogP contribution in [0.5, 0.6) is 0 Å². The molecule has 102 valence electrons. The van der Waals surface area contributed by atoms with Crippen LogP contribution in [0.15, 0.2) is 15.8 Å². The molecule has 1 rings (SSSR count). The van der Waals surface area contributed by atoms with E-state index in [-0.39, 0.29) is 13.1 Å². The zero-order chi connectivity index (χ0) is 13.9. The summed E-state index contributed by atoms with van der Waals surface area (Å²) < 4.78 is 40.9. The fourth-order valence-corrected chi connectivity index (χ4v) is 1.50. The normalized spacial score (nSPS) is 11.8. The van der Waals surface area contributed by atoms with E-state index in [4.69, 9.17) is 0 Å². The Balaban J connectivity index is 2.94. The van der Waals surface area contributed by atoms with Gasteiger partial charge in [0.25, 0.3) is 5.56 Å². The first-order valence-corrected chi connectivity index (χ1v) is 5.28. The van der Waals surface area contributed by atoms with E-state index in [1.165, 1.54) is 13.1 Å². The van der Waals surface area contributed by atoms with Gasteiger partial charge in [-0.05, 0) is 13.8 Å². The van der Waals surface area contributed by atoms with E-state index in [1.54, 1.807) is 6.92 Å². The summed E-state index contributed by atoms with van der Waals surface area (Å²) in [4.78, 5) is 23.3. The third-order valence-electron chi connectivity index (χ3n) is 2.32. The molecule has 0 N–H and O–H groups in total. The molecular weight excluding hydrogens is 253 g/mol. The van der Waals surface area contributed by atoms with E-state index in [0.717, 1.165) is 9.13 Å². The van der Waals surface area contributed by atoms with E-state index in [1.807, 2.05) is 0 Å². The lowest BCUT2D eigenvalue weighted by Crippen LogP contribution is -2.41. The molecule has 0 radical (unpaired) electrons. The minimum Gasteiger partial charge on any atom is -0.298 e. The number of rotatable bonds is 4. The fourth-order valence-electron chi connectivity index (χ4n) is 1.50. The Kier molecular flexibility index (Phi) is 4.33. The molecule has 5 nitrogen and oxygen atoms in total. The van der Waals surface area contributed by atoms with E-state index < -0.39 is 24.2 Å². The predicted molar refractivity (Wildman–Crippen MR) is 57.4 cm³/mol. The fraction of sp³-hybridized carbons (Fsp3) is 0.600. The Labute approximate surface area is 100 Å². The van der Waals surface area contributed by atoms with E-state index in [9.17, 15) is 22.8 Å². The second-order valence-electron chi connectivity index (χ2n) is 3.63. The maximum absolute atomic E-state index is 11.8. The molecule has 0 bridgehead atoms. The van der Waals surface area contributed by atoms with Crippen LogP contribution in [0.3, 0.4) is 0 Å². The molecular formula is C10H13F3N2O3. The van der Waals surface area contributed by atoms with Crippen molar-refractivity contribution >= 4 is 0 Å². The summed E-state index contributed by atoms with van der Waals surface area (Å²) in [5.41, 5.74) is -0.780. The molecule has 0 fully saturated rings. The average molecular weight is 266 g/mol. The van der Waals surface area contributed by atoms with Crippen LogP contribution in [-0.2, 0) is 17.8 Å². The monoisotopic (exact) mass is 266 g/mol. The van der Waals surface area contributed by atoms with Gasteiger partial charge in [-0.3, -0.25) is 18.7 Å². The smallest absolute Gasteiger partial charge is 0.298 e. The summed E-state index contributed by atoms with van der Waals surface area (Å²) in [7, 11) is 0. The van der Waals surface area contributed by atoms with Crippen LogP contribution in [0.25, 0.3) is 0 Å². The minimum atomic E-state index is -4.72. The van der Waals surface area contributed by atoms with E-state index in [2.05, 4.69) is 4.74 Å². The molecule has 0 atom stereocenters. The summed E-state index contributed by atoms with van der Waals surface area (Å²) in [6.07, 6.45) is -3.49. The van der Waals surface area contributed by atoms with Gasteiger partial charge in [-0.25, -0.2) is 4.79 Å². The van der Waals surface area contributed by atoms with Gasteiger partial charge >= 0.3 is 12.1 Å². The highest BCUT2D eigenvalue weighted by atomic mass is 19.4. The van der Waals surface area contributed by atoms with Gasteiger partial charge in [-0.2, -0.15) is 0 Å². The quantitative estimate of drug-likeness (QED) is 0.812. The van der Waals surface area contributed by atoms with Gasteiger partial charge in [0.1, 0.15) is 0 Å². The standard InChI is InChI=1S/C10H13F3N2O3/c1-3-15-8(16)7(2)6-14(9(15)17)4-5-18-10(11,12)13/h6H,3-5H2,1-2H3. The van der Waals surface area contributed by atoms with Crippen LogP contribution < -0.4 is 11.2 Å². The molecule has 0 saturated heterocycles. The number of halogens is 3. The van der Waals surface area contributed by atoms with E-state index >= 15 is 0 Å². The molecule has 0 aliphatic heterocycles. The van der Waals surface area contributed by atoms with Crippen LogP contribution in [0, 0.1) is 6.92 Å². The summed E-state index contributed by atoms with van der Waals surface area (Å²) in [6, 6.07) is 0. The van der Waals surface area contributed by atoms with Crippen LogP contribution in [0.4, 0.5) is 13.2 Å². The Morgan fingerprint density at radius 1 is 1.33 bits per heavy atom. The Bertz CT molecular complexity index is 531. The van der Waals surface area contributed by atoms with Crippen molar-refractivity contribution in [2.24, 2.45) is 0 Å². The molecule has 0 aromatic carbocycles. The second-order valence-corrected chi connectivity index (χ2v) is 3.63. The van der Waals surface area contributed by atoms with E-state index in [0.29, 0.717) is 5.56 Å². The topological polar surface area (TPSA) is 53.2 Å². The largest absolute Gasteiger partial charge is 0.522 e. The third-order valence-corrected chi connectivity index (χ3v) is 2.32. The van der Waals surface area contributed by atoms with Crippen molar-refractivity contribution in [1.29, 1.82) is 0 Å². The van der Waals surface area contributed by atoms with Crippen molar-refractivity contribution < 1.29 is 17.9 Å². The molecule has 8 heteroatoms. The predicted octanol–water partition coefficient (Wildman–Crippen LogP) is 0.875. The lowest BCUT2D eigenvalue weighted by Gasteiger charge is -2.11. The maximum Gasteiger partial charge on any atom is 0.522 e. The molecule has 1 aromatic rings. The summed E-state index contributed by atoms with van der Waals surface area (Å²) >= 11 is 0. The number of aromatic nitrogens is 2. The molecule has 0 aliphatic carbocycles. The van der Waals surface area contributed by atoms with Gasteiger partial charge in [0.2, 0.25) is 0 Å². The number of aryl methyl sites for hydroxylation is 1. The highest BCUT2D eigenvalue weighted by molar-refractivity contribution is 5.02. The average Bonchev–Trinajstić information content (AvgIpc) is 2.24. The lowest BCUT2D eigenvalue weighted by atomic mass is 10.3. The van der Waals surface area contributed by atoms with Crippen LogP contribution in [-0.4, -0.2) is 22.1 Å². The van der Waals surface area contributed by atoms with Crippen molar-refractivity contribution in [2.45, 2.75) is 33.3 Å². The zero-order valence-corrected chi connectivity index (χ0v) is 9.95. The SMILES string of the molecule is CCn1c(=O)c(C)cn(CCOC(F)(F)F)c1=O. The first-order chi connectivity index (χ1) is 8.26. The first kappa shape index (κ1) is 14.5. The zero-order valence-electron chi connectivity index (χ0n) is 9.95. The minimum absolute atomic E-state index is 0.166. The summed E-state index contributed by atoms with van der Waals surface area (Å²) in [5, 5.41) is 0. The molecule has 0 spiro atoms. The molecule has 0 unspecified atom stereocenters. The van der Waals surface area contributed by atoms with Crippen LogP contribution in [0.1, 0.15) is 12.5 Å². The summed E-state index contributed by atoms with van der Waals surface area (Å²) in [5.74, 6) is 0. The Morgan fingerprint density at radius 3 is 2.44 bits per heavy atom. The lowest BCUT2D eigenvalue weighted by molar-refractivity contribution is -0.325. The van der Waals surface area contributed by atoms with Gasteiger partial charge in [-0.15, -0.1) is 13.2 Å². The highest BCUT2D eigenvalue weighted by Crippen LogP contribution is 2.15. The molecule has 0 amide bonds. The molecule has 0 aliphatic rings. The van der Waals surface area contributed by atoms with Gasteiger partial charge < -0.3 is 0 Å². The molecule has 1 heterocycles. The van der Waals surface area contributed by atoms with Crippen LogP contribution >= 0.6 is 0 Å². The number of hydrogen-bond acceptors (Lipinski definition) is 3. The van der Waals surface area contributed by atoms with Crippen molar-refractivity contribution in [3.63, 3.8) is 0 Å². The highest BCUT2D eigenvalue weighted by Gasteiger charge is 2.28. The number of nitrogens with zero attached hydrogens (tertiary/aromatic N) is 2. The molecule has 1 aromatic heterocycles. The van der Waals surface area contributed by atoms with Crippen molar-refractivity contribution in [2.75, 3.05) is 6.61 Å². The Morgan fingerprint density at radius 2 is 1.94 bits per heavy atom. The molecule has 18 heavy (non-hydrogen) atoms. The van der Waals surface area contributed by atoms with Crippen molar-refractivity contribution in [1.82, 2.24) is 9.13 Å². The van der Waals surface area contributed by atoms with Crippen LogP contribution in [0.2, 0.25) is 0 Å². The van der Waals surface area contributed by atoms with Gasteiger partial charge in [0.05, 0.1) is 13.2 Å². The third kappa shape index (κ3) is 3.46. The van der Waals surface area contributed by atoms with Crippen molar-refractivity contribution in [3.05, 3.63) is 32.6 Å². The number of alkyl halides is 3. The maximum atomic E-state index is 11.8. The van der Waals surface area contributed by atoms with Gasteiger partial charge in [0, 0.05) is 18.3 Å². The second kappa shape index (κ2) is 5.38. The molecule has 0 saturated carbocycles. The Hall–Kier alpha value is -1.57. The van der Waals surface area contributed by atoms with Gasteiger partial charge in [-0.1, -0.05) is 0 Å². The van der Waals surface area contributed by atoms with Crippen molar-refractivity contribution in [3.8, 4) is 0 Å². The first-order valence-electron chi connectivity index (χ1n) is 5.28. The summed E-state index contributed by atoms with van der Waals surface area (Å²) in [6.45, 7) is 2.33.